The molecule has 1 rings (SSSR count). The second-order valence-corrected chi connectivity index (χ2v) is 5.97. The van der Waals surface area contributed by atoms with Gasteiger partial charge in [0, 0.05) is 12.1 Å². The summed E-state index contributed by atoms with van der Waals surface area (Å²) in [5.74, 6) is 4.95. The van der Waals surface area contributed by atoms with Gasteiger partial charge in [-0.2, -0.15) is 17.5 Å². The summed E-state index contributed by atoms with van der Waals surface area (Å²) in [6, 6.07) is 5.12. The van der Waals surface area contributed by atoms with Crippen LogP contribution in [0, 0.1) is 11.8 Å². The normalized spacial score (nSPS) is 12.1. The molecule has 0 atom stereocenters. The Labute approximate surface area is 121 Å². The Bertz CT molecular complexity index is 627. The first-order chi connectivity index (χ1) is 9.70. The molecular weight excluding hydrogens is 307 g/mol. The zero-order valence-electron chi connectivity index (χ0n) is 11.2. The molecule has 0 saturated heterocycles. The number of aliphatic hydroxyl groups excluding tert-OH is 1. The van der Waals surface area contributed by atoms with Gasteiger partial charge in [0.1, 0.15) is 13.2 Å². The Morgan fingerprint density at radius 3 is 2.24 bits per heavy atom. The SMILES string of the molecule is CCN(CC(F)(F)F)S(=O)(=O)c1ccc(C#CCO)cc1. The lowest BCUT2D eigenvalue weighted by Gasteiger charge is -2.21. The van der Waals surface area contributed by atoms with Crippen LogP contribution in [0.15, 0.2) is 29.2 Å². The van der Waals surface area contributed by atoms with Crippen LogP contribution in [0.25, 0.3) is 0 Å². The zero-order valence-corrected chi connectivity index (χ0v) is 12.0. The molecule has 0 aliphatic carbocycles. The van der Waals surface area contributed by atoms with E-state index in [0.717, 1.165) is 0 Å². The third-order valence-electron chi connectivity index (χ3n) is 2.51. The van der Waals surface area contributed by atoms with Gasteiger partial charge in [-0.3, -0.25) is 0 Å². The van der Waals surface area contributed by atoms with Crippen LogP contribution in [-0.4, -0.2) is 43.7 Å². The van der Waals surface area contributed by atoms with Crippen molar-refractivity contribution in [2.45, 2.75) is 18.0 Å². The summed E-state index contributed by atoms with van der Waals surface area (Å²) in [7, 11) is -4.21. The van der Waals surface area contributed by atoms with Crippen molar-refractivity contribution in [1.29, 1.82) is 0 Å². The molecule has 0 spiro atoms. The third-order valence-corrected chi connectivity index (χ3v) is 4.45. The summed E-state index contributed by atoms with van der Waals surface area (Å²) in [4.78, 5) is -0.233. The van der Waals surface area contributed by atoms with Gasteiger partial charge in [0.2, 0.25) is 10.0 Å². The van der Waals surface area contributed by atoms with Crippen LogP contribution in [0.4, 0.5) is 13.2 Å². The molecule has 1 aromatic carbocycles. The van der Waals surface area contributed by atoms with Crippen molar-refractivity contribution in [1.82, 2.24) is 4.31 Å². The van der Waals surface area contributed by atoms with Crippen LogP contribution < -0.4 is 0 Å². The second kappa shape index (κ2) is 6.93. The van der Waals surface area contributed by atoms with Gasteiger partial charge < -0.3 is 5.11 Å². The number of hydrogen-bond acceptors (Lipinski definition) is 3. The van der Waals surface area contributed by atoms with Crippen LogP contribution in [0.2, 0.25) is 0 Å². The fraction of sp³-hybridized carbons (Fsp3) is 0.385. The molecule has 0 amide bonds. The minimum atomic E-state index is -4.60. The fourth-order valence-electron chi connectivity index (χ4n) is 1.57. The van der Waals surface area contributed by atoms with E-state index in [0.29, 0.717) is 9.87 Å². The van der Waals surface area contributed by atoms with Crippen LogP contribution in [-0.2, 0) is 10.0 Å². The highest BCUT2D eigenvalue weighted by Gasteiger charge is 2.36. The van der Waals surface area contributed by atoms with E-state index < -0.39 is 22.7 Å². The number of halogens is 3. The lowest BCUT2D eigenvalue weighted by Crippen LogP contribution is -2.38. The average Bonchev–Trinajstić information content (AvgIpc) is 2.41. The highest BCUT2D eigenvalue weighted by Crippen LogP contribution is 2.22. The highest BCUT2D eigenvalue weighted by molar-refractivity contribution is 7.89. The average molecular weight is 321 g/mol. The van der Waals surface area contributed by atoms with Gasteiger partial charge in [0.25, 0.3) is 0 Å². The summed E-state index contributed by atoms with van der Waals surface area (Å²) >= 11 is 0. The predicted molar refractivity (Wildman–Crippen MR) is 70.9 cm³/mol. The molecular formula is C13H14F3NO3S. The van der Waals surface area contributed by atoms with E-state index in [-0.39, 0.29) is 18.0 Å². The molecule has 1 aromatic rings. The van der Waals surface area contributed by atoms with Crippen LogP contribution >= 0.6 is 0 Å². The predicted octanol–water partition coefficient (Wildman–Crippen LogP) is 1.60. The number of hydrogen-bond donors (Lipinski definition) is 1. The summed E-state index contributed by atoms with van der Waals surface area (Å²) < 4.78 is 61.8. The Morgan fingerprint density at radius 2 is 1.81 bits per heavy atom. The number of sulfonamides is 1. The quantitative estimate of drug-likeness (QED) is 0.857. The number of alkyl halides is 3. The summed E-state index contributed by atoms with van der Waals surface area (Å²) in [5, 5.41) is 8.54. The first kappa shape index (κ1) is 17.5. The molecule has 0 unspecified atom stereocenters. The Kier molecular flexibility index (Phi) is 5.78. The van der Waals surface area contributed by atoms with Crippen molar-refractivity contribution in [3.05, 3.63) is 29.8 Å². The van der Waals surface area contributed by atoms with Crippen molar-refractivity contribution in [2.24, 2.45) is 0 Å². The van der Waals surface area contributed by atoms with Gasteiger partial charge in [-0.05, 0) is 24.3 Å². The molecule has 0 bridgehead atoms. The molecule has 116 valence electrons. The first-order valence-electron chi connectivity index (χ1n) is 5.97. The standard InChI is InChI=1S/C13H14F3NO3S/c1-2-17(10-13(14,15)16)21(19,20)12-7-5-11(6-8-12)4-3-9-18/h5-8,18H,2,9-10H2,1H3. The molecule has 0 fully saturated rings. The molecule has 0 aliphatic heterocycles. The number of nitrogens with zero attached hydrogens (tertiary/aromatic N) is 1. The molecule has 8 heteroatoms. The molecule has 21 heavy (non-hydrogen) atoms. The van der Waals surface area contributed by atoms with Gasteiger partial charge >= 0.3 is 6.18 Å². The van der Waals surface area contributed by atoms with Gasteiger partial charge in [-0.25, -0.2) is 8.42 Å². The van der Waals surface area contributed by atoms with Crippen LogP contribution in [0.3, 0.4) is 0 Å². The van der Waals surface area contributed by atoms with E-state index in [4.69, 9.17) is 5.11 Å². The smallest absolute Gasteiger partial charge is 0.384 e. The van der Waals surface area contributed by atoms with E-state index in [1.807, 2.05) is 0 Å². The summed E-state index contributed by atoms with van der Waals surface area (Å²) in [5.41, 5.74) is 0.460. The Balaban J connectivity index is 3.06. The summed E-state index contributed by atoms with van der Waals surface area (Å²) in [6.45, 7) is -0.814. The van der Waals surface area contributed by atoms with Gasteiger partial charge in [0.15, 0.2) is 0 Å². The lowest BCUT2D eigenvalue weighted by atomic mass is 10.2. The van der Waals surface area contributed by atoms with E-state index in [9.17, 15) is 21.6 Å². The maximum Gasteiger partial charge on any atom is 0.402 e. The monoisotopic (exact) mass is 321 g/mol. The Morgan fingerprint density at radius 1 is 1.24 bits per heavy atom. The molecule has 1 N–H and O–H groups in total. The van der Waals surface area contributed by atoms with Gasteiger partial charge in [0.05, 0.1) is 4.90 Å². The molecule has 0 aliphatic rings. The van der Waals surface area contributed by atoms with E-state index in [1.165, 1.54) is 31.2 Å². The third kappa shape index (κ3) is 5.04. The fourth-order valence-corrected chi connectivity index (χ4v) is 3.00. The number of benzene rings is 1. The van der Waals surface area contributed by atoms with Crippen molar-refractivity contribution < 1.29 is 26.7 Å². The molecule has 0 saturated carbocycles. The van der Waals surface area contributed by atoms with Crippen molar-refractivity contribution in [3.63, 3.8) is 0 Å². The topological polar surface area (TPSA) is 57.6 Å². The minimum absolute atomic E-state index is 0.233. The highest BCUT2D eigenvalue weighted by atomic mass is 32.2. The molecule has 0 radical (unpaired) electrons. The number of rotatable bonds is 4. The zero-order chi connectivity index (χ0) is 16.1. The second-order valence-electron chi connectivity index (χ2n) is 4.03. The van der Waals surface area contributed by atoms with E-state index in [2.05, 4.69) is 11.8 Å². The van der Waals surface area contributed by atoms with Crippen LogP contribution in [0.5, 0.6) is 0 Å². The van der Waals surface area contributed by atoms with Crippen molar-refractivity contribution in [3.8, 4) is 11.8 Å². The molecule has 4 nitrogen and oxygen atoms in total. The molecule has 0 heterocycles. The first-order valence-corrected chi connectivity index (χ1v) is 7.41. The Hall–Kier alpha value is -1.56. The largest absolute Gasteiger partial charge is 0.402 e. The lowest BCUT2D eigenvalue weighted by molar-refractivity contribution is -0.135. The minimum Gasteiger partial charge on any atom is -0.384 e. The maximum atomic E-state index is 12.4. The van der Waals surface area contributed by atoms with Crippen molar-refractivity contribution in [2.75, 3.05) is 19.7 Å². The summed E-state index contributed by atoms with van der Waals surface area (Å²) in [6.07, 6.45) is -4.60. The number of aliphatic hydroxyl groups is 1. The van der Waals surface area contributed by atoms with Gasteiger partial charge in [-0.1, -0.05) is 18.8 Å². The molecule has 0 aromatic heterocycles. The maximum absolute atomic E-state index is 12.4. The van der Waals surface area contributed by atoms with E-state index in [1.54, 1.807) is 0 Å². The van der Waals surface area contributed by atoms with Gasteiger partial charge in [-0.15, -0.1) is 0 Å². The van der Waals surface area contributed by atoms with Crippen LogP contribution in [0.1, 0.15) is 12.5 Å². The van der Waals surface area contributed by atoms with E-state index >= 15 is 0 Å². The van der Waals surface area contributed by atoms with Crippen molar-refractivity contribution >= 4 is 10.0 Å².